The average Bonchev–Trinajstić information content (AvgIpc) is 2.19. The summed E-state index contributed by atoms with van der Waals surface area (Å²) in [6.45, 7) is 2.96. The molecule has 0 radical (unpaired) electrons. The van der Waals surface area contributed by atoms with Crippen molar-refractivity contribution in [3.63, 3.8) is 0 Å². The second-order valence-corrected chi connectivity index (χ2v) is 2.79. The van der Waals surface area contributed by atoms with E-state index < -0.39 is 11.9 Å². The normalized spacial score (nSPS) is 8.33. The van der Waals surface area contributed by atoms with Crippen LogP contribution in [0.2, 0.25) is 5.02 Å². The quantitative estimate of drug-likeness (QED) is 0.762. The molecule has 0 amide bonds. The fraction of sp³-hybridized carbons (Fsp3) is 0. The van der Waals surface area contributed by atoms with Crippen molar-refractivity contribution >= 4 is 23.5 Å². The highest BCUT2D eigenvalue weighted by molar-refractivity contribution is 6.30. The van der Waals surface area contributed by atoms with Crippen LogP contribution in [0.5, 0.6) is 0 Å². The van der Waals surface area contributed by atoms with Gasteiger partial charge in [0.1, 0.15) is 0 Å². The van der Waals surface area contributed by atoms with Gasteiger partial charge in [-0.25, -0.2) is 9.59 Å². The Hall–Kier alpha value is -1.81. The Bertz CT molecular complexity index is 356. The Morgan fingerprint density at radius 3 is 1.87 bits per heavy atom. The maximum Gasteiger partial charge on any atom is 0.335 e. The number of aromatic carboxylic acids is 1. The standard InChI is InChI=1S/C7H5ClO2.C3H4O2/c8-6-3-1-5(2-4-6)7(9)10;1-2-3(4)5/h1-4H,(H,9,10);2H,1H2,(H,4,5). The molecular formula is C10H9ClO4. The van der Waals surface area contributed by atoms with Gasteiger partial charge in [-0.2, -0.15) is 0 Å². The lowest BCUT2D eigenvalue weighted by molar-refractivity contribution is -0.131. The van der Waals surface area contributed by atoms with Gasteiger partial charge in [0.2, 0.25) is 0 Å². The number of rotatable bonds is 2. The molecule has 80 valence electrons. The van der Waals surface area contributed by atoms with Crippen LogP contribution in [0.1, 0.15) is 10.4 Å². The summed E-state index contributed by atoms with van der Waals surface area (Å²) in [6, 6.07) is 6.02. The van der Waals surface area contributed by atoms with Gasteiger partial charge in [-0.1, -0.05) is 18.2 Å². The lowest BCUT2D eigenvalue weighted by Gasteiger charge is -1.91. The zero-order valence-corrected chi connectivity index (χ0v) is 8.44. The molecular weight excluding hydrogens is 220 g/mol. The van der Waals surface area contributed by atoms with Crippen molar-refractivity contribution in [3.05, 3.63) is 47.5 Å². The van der Waals surface area contributed by atoms with E-state index >= 15 is 0 Å². The third kappa shape index (κ3) is 6.29. The molecule has 0 aliphatic carbocycles. The predicted octanol–water partition coefficient (Wildman–Crippen LogP) is 2.30. The monoisotopic (exact) mass is 228 g/mol. The SMILES string of the molecule is C=CC(=O)O.O=C(O)c1ccc(Cl)cc1. The second kappa shape index (κ2) is 6.62. The van der Waals surface area contributed by atoms with Crippen LogP contribution in [0, 0.1) is 0 Å². The topological polar surface area (TPSA) is 74.6 Å². The van der Waals surface area contributed by atoms with Crippen molar-refractivity contribution in [1.29, 1.82) is 0 Å². The molecule has 0 aliphatic heterocycles. The third-order valence-electron chi connectivity index (χ3n) is 1.27. The van der Waals surface area contributed by atoms with E-state index in [9.17, 15) is 9.59 Å². The Labute approximate surface area is 91.4 Å². The molecule has 0 bridgehead atoms. The van der Waals surface area contributed by atoms with E-state index in [-0.39, 0.29) is 5.56 Å². The van der Waals surface area contributed by atoms with E-state index in [1.807, 2.05) is 0 Å². The highest BCUT2D eigenvalue weighted by Crippen LogP contribution is 2.08. The molecule has 1 aromatic rings. The van der Waals surface area contributed by atoms with Crippen molar-refractivity contribution < 1.29 is 19.8 Å². The van der Waals surface area contributed by atoms with Gasteiger partial charge in [0.05, 0.1) is 5.56 Å². The van der Waals surface area contributed by atoms with Crippen LogP contribution >= 0.6 is 11.6 Å². The van der Waals surface area contributed by atoms with Gasteiger partial charge in [0.15, 0.2) is 0 Å². The van der Waals surface area contributed by atoms with Crippen LogP contribution < -0.4 is 0 Å². The predicted molar refractivity (Wildman–Crippen MR) is 56.2 cm³/mol. The van der Waals surface area contributed by atoms with Gasteiger partial charge < -0.3 is 10.2 Å². The Morgan fingerprint density at radius 2 is 1.60 bits per heavy atom. The minimum absolute atomic E-state index is 0.254. The van der Waals surface area contributed by atoms with E-state index in [4.69, 9.17) is 21.8 Å². The maximum atomic E-state index is 10.3. The van der Waals surface area contributed by atoms with Gasteiger partial charge in [0, 0.05) is 11.1 Å². The molecule has 0 heterocycles. The highest BCUT2D eigenvalue weighted by atomic mass is 35.5. The molecule has 0 aliphatic rings. The van der Waals surface area contributed by atoms with Crippen molar-refractivity contribution in [1.82, 2.24) is 0 Å². The fourth-order valence-corrected chi connectivity index (χ4v) is 0.718. The number of halogens is 1. The molecule has 0 fully saturated rings. The lowest BCUT2D eigenvalue weighted by atomic mass is 10.2. The molecule has 1 aromatic carbocycles. The fourth-order valence-electron chi connectivity index (χ4n) is 0.592. The van der Waals surface area contributed by atoms with E-state index in [0.29, 0.717) is 5.02 Å². The average molecular weight is 229 g/mol. The van der Waals surface area contributed by atoms with Gasteiger partial charge in [0.25, 0.3) is 0 Å². The van der Waals surface area contributed by atoms with Crippen LogP contribution in [-0.2, 0) is 4.79 Å². The number of hydrogen-bond donors (Lipinski definition) is 2. The number of carboxylic acids is 2. The largest absolute Gasteiger partial charge is 0.478 e. The van der Waals surface area contributed by atoms with Crippen molar-refractivity contribution in [2.45, 2.75) is 0 Å². The molecule has 0 saturated heterocycles. The van der Waals surface area contributed by atoms with Gasteiger partial charge in [-0.05, 0) is 24.3 Å². The van der Waals surface area contributed by atoms with Crippen molar-refractivity contribution in [2.75, 3.05) is 0 Å². The first-order valence-corrected chi connectivity index (χ1v) is 4.19. The van der Waals surface area contributed by atoms with Crippen LogP contribution in [0.3, 0.4) is 0 Å². The first kappa shape index (κ1) is 13.2. The van der Waals surface area contributed by atoms with Gasteiger partial charge >= 0.3 is 11.9 Å². The molecule has 15 heavy (non-hydrogen) atoms. The zero-order valence-electron chi connectivity index (χ0n) is 7.68. The van der Waals surface area contributed by atoms with Crippen LogP contribution in [0.4, 0.5) is 0 Å². The van der Waals surface area contributed by atoms with Crippen LogP contribution in [-0.4, -0.2) is 22.2 Å². The lowest BCUT2D eigenvalue weighted by Crippen LogP contribution is -1.94. The molecule has 0 spiro atoms. The summed E-state index contributed by atoms with van der Waals surface area (Å²) >= 11 is 5.52. The molecule has 1 rings (SSSR count). The van der Waals surface area contributed by atoms with E-state index in [1.165, 1.54) is 12.1 Å². The number of carbonyl (C=O) groups is 2. The smallest absolute Gasteiger partial charge is 0.335 e. The van der Waals surface area contributed by atoms with Gasteiger partial charge in [-0.3, -0.25) is 0 Å². The molecule has 0 atom stereocenters. The van der Waals surface area contributed by atoms with Gasteiger partial charge in [-0.15, -0.1) is 0 Å². The number of hydrogen-bond acceptors (Lipinski definition) is 2. The number of aliphatic carboxylic acids is 1. The Balaban J connectivity index is 0.000000336. The Kier molecular flexibility index (Phi) is 5.82. The maximum absolute atomic E-state index is 10.3. The summed E-state index contributed by atoms with van der Waals surface area (Å²) in [4.78, 5) is 19.5. The number of benzene rings is 1. The molecule has 2 N–H and O–H groups in total. The third-order valence-corrected chi connectivity index (χ3v) is 1.52. The summed E-state index contributed by atoms with van der Waals surface area (Å²) in [5, 5.41) is 16.6. The van der Waals surface area contributed by atoms with Crippen molar-refractivity contribution in [3.8, 4) is 0 Å². The van der Waals surface area contributed by atoms with E-state index in [0.717, 1.165) is 6.08 Å². The first-order chi connectivity index (χ1) is 6.97. The first-order valence-electron chi connectivity index (χ1n) is 3.81. The highest BCUT2D eigenvalue weighted by Gasteiger charge is 1.99. The summed E-state index contributed by atoms with van der Waals surface area (Å²) < 4.78 is 0. The second-order valence-electron chi connectivity index (χ2n) is 2.35. The summed E-state index contributed by atoms with van der Waals surface area (Å²) in [5.74, 6) is -1.92. The summed E-state index contributed by atoms with van der Waals surface area (Å²) in [5.41, 5.74) is 0.254. The molecule has 0 saturated carbocycles. The van der Waals surface area contributed by atoms with E-state index in [2.05, 4.69) is 6.58 Å². The zero-order chi connectivity index (χ0) is 11.8. The summed E-state index contributed by atoms with van der Waals surface area (Å²) in [7, 11) is 0. The minimum Gasteiger partial charge on any atom is -0.478 e. The molecule has 0 unspecified atom stereocenters. The van der Waals surface area contributed by atoms with Crippen LogP contribution in [0.15, 0.2) is 36.9 Å². The molecule has 4 nitrogen and oxygen atoms in total. The minimum atomic E-state index is -0.981. The summed E-state index contributed by atoms with van der Waals surface area (Å²) in [6.07, 6.45) is 0.833. The number of carboxylic acid groups (broad SMARTS) is 2. The van der Waals surface area contributed by atoms with Crippen molar-refractivity contribution in [2.24, 2.45) is 0 Å². The Morgan fingerprint density at radius 1 is 1.20 bits per heavy atom. The van der Waals surface area contributed by atoms with Crippen LogP contribution in [0.25, 0.3) is 0 Å². The van der Waals surface area contributed by atoms with E-state index in [1.54, 1.807) is 12.1 Å². The molecule has 5 heteroatoms. The molecule has 0 aromatic heterocycles.